The summed E-state index contributed by atoms with van der Waals surface area (Å²) in [6, 6.07) is 0.723. The third kappa shape index (κ3) is 4.65. The average Bonchev–Trinajstić information content (AvgIpc) is 2.52. The fourth-order valence-corrected chi connectivity index (χ4v) is 2.88. The zero-order valence-electron chi connectivity index (χ0n) is 13.4. The second-order valence-corrected chi connectivity index (χ2v) is 6.31. The fourth-order valence-electron chi connectivity index (χ4n) is 2.88. The van der Waals surface area contributed by atoms with Gasteiger partial charge in [-0.25, -0.2) is 0 Å². The van der Waals surface area contributed by atoms with Crippen molar-refractivity contribution >= 4 is 5.91 Å². The highest BCUT2D eigenvalue weighted by molar-refractivity contribution is 5.94. The van der Waals surface area contributed by atoms with Crippen LogP contribution < -0.4 is 5.73 Å². The maximum absolute atomic E-state index is 12.9. The van der Waals surface area contributed by atoms with Crippen LogP contribution in [-0.2, 0) is 12.4 Å². The van der Waals surface area contributed by atoms with Crippen LogP contribution in [-0.4, -0.2) is 29.9 Å². The van der Waals surface area contributed by atoms with Crippen LogP contribution in [0.3, 0.4) is 0 Å². The maximum atomic E-state index is 12.9. The van der Waals surface area contributed by atoms with Crippen LogP contribution in [0.2, 0.25) is 0 Å². The summed E-state index contributed by atoms with van der Waals surface area (Å²) in [4.78, 5) is 13.7. The van der Waals surface area contributed by atoms with Crippen molar-refractivity contribution in [2.45, 2.75) is 38.2 Å². The summed E-state index contributed by atoms with van der Waals surface area (Å²) in [7, 11) is 0. The van der Waals surface area contributed by atoms with Crippen LogP contribution in [0.4, 0.5) is 26.3 Å². The predicted octanol–water partition coefficient (Wildman–Crippen LogP) is 3.92. The number of carbonyl (C=O) groups excluding carboxylic acids is 1. The lowest BCUT2D eigenvalue weighted by Crippen LogP contribution is -2.45. The van der Waals surface area contributed by atoms with Gasteiger partial charge in [-0.3, -0.25) is 4.79 Å². The standard InChI is InChI=1S/C16H18F6N2O/c1-9(23)10-3-2-4-24(8-10)14(25)11-5-12(15(17,18)19)7-13(6-11)16(20,21)22/h5-7,9-10H,2-4,8,23H2,1H3. The minimum atomic E-state index is -4.98. The molecule has 0 aromatic heterocycles. The molecule has 0 aliphatic carbocycles. The summed E-state index contributed by atoms with van der Waals surface area (Å²) in [5, 5.41) is 0. The highest BCUT2D eigenvalue weighted by Crippen LogP contribution is 2.36. The number of likely N-dealkylation sites (tertiary alicyclic amines) is 1. The number of carbonyl (C=O) groups is 1. The van der Waals surface area contributed by atoms with Crippen LogP contribution in [0, 0.1) is 5.92 Å². The zero-order chi connectivity index (χ0) is 19.0. The number of piperidine rings is 1. The topological polar surface area (TPSA) is 46.3 Å². The number of benzene rings is 1. The van der Waals surface area contributed by atoms with Gasteiger partial charge in [0, 0.05) is 24.7 Å². The first-order valence-electron chi connectivity index (χ1n) is 7.74. The third-order valence-corrected chi connectivity index (χ3v) is 4.32. The van der Waals surface area contributed by atoms with Crippen molar-refractivity contribution in [2.24, 2.45) is 11.7 Å². The molecule has 140 valence electrons. The molecule has 2 unspecified atom stereocenters. The van der Waals surface area contributed by atoms with Crippen molar-refractivity contribution in [3.05, 3.63) is 34.9 Å². The summed E-state index contributed by atoms with van der Waals surface area (Å²) in [6.07, 6.45) is -8.60. The number of nitrogens with two attached hydrogens (primary N) is 1. The van der Waals surface area contributed by atoms with Gasteiger partial charge in [-0.2, -0.15) is 26.3 Å². The highest BCUT2D eigenvalue weighted by atomic mass is 19.4. The molecule has 25 heavy (non-hydrogen) atoms. The zero-order valence-corrected chi connectivity index (χ0v) is 13.4. The van der Waals surface area contributed by atoms with E-state index < -0.39 is 35.0 Å². The van der Waals surface area contributed by atoms with Crippen LogP contribution in [0.25, 0.3) is 0 Å². The molecule has 0 spiro atoms. The average molecular weight is 368 g/mol. The van der Waals surface area contributed by atoms with Gasteiger partial charge in [0.1, 0.15) is 0 Å². The largest absolute Gasteiger partial charge is 0.416 e. The summed E-state index contributed by atoms with van der Waals surface area (Å²) in [6.45, 7) is 2.25. The number of amides is 1. The lowest BCUT2D eigenvalue weighted by molar-refractivity contribution is -0.143. The number of halogens is 6. The van der Waals surface area contributed by atoms with Gasteiger partial charge in [0.2, 0.25) is 0 Å². The Labute approximate surface area is 140 Å². The van der Waals surface area contributed by atoms with E-state index in [1.54, 1.807) is 6.92 Å². The Morgan fingerprint density at radius 1 is 1.12 bits per heavy atom. The van der Waals surface area contributed by atoms with Gasteiger partial charge >= 0.3 is 12.4 Å². The molecular weight excluding hydrogens is 350 g/mol. The predicted molar refractivity (Wildman–Crippen MR) is 78.7 cm³/mol. The van der Waals surface area contributed by atoms with E-state index in [0.717, 1.165) is 6.42 Å². The van der Waals surface area contributed by atoms with Crippen LogP contribution >= 0.6 is 0 Å². The molecular formula is C16H18F6N2O. The quantitative estimate of drug-likeness (QED) is 0.805. The first kappa shape index (κ1) is 19.6. The van der Waals surface area contributed by atoms with E-state index in [-0.39, 0.29) is 31.1 Å². The van der Waals surface area contributed by atoms with E-state index in [1.165, 1.54) is 4.90 Å². The lowest BCUT2D eigenvalue weighted by atomic mass is 9.91. The summed E-state index contributed by atoms with van der Waals surface area (Å²) in [5.74, 6) is -0.882. The lowest BCUT2D eigenvalue weighted by Gasteiger charge is -2.34. The first-order valence-corrected chi connectivity index (χ1v) is 7.74. The molecule has 3 nitrogen and oxygen atoms in total. The number of hydrogen-bond donors (Lipinski definition) is 1. The number of alkyl halides is 6. The Balaban J connectivity index is 2.38. The maximum Gasteiger partial charge on any atom is 0.416 e. The molecule has 1 aliphatic rings. The molecule has 1 amide bonds. The molecule has 1 aliphatic heterocycles. The van der Waals surface area contributed by atoms with Crippen LogP contribution in [0.1, 0.15) is 41.3 Å². The van der Waals surface area contributed by atoms with E-state index in [9.17, 15) is 31.1 Å². The van der Waals surface area contributed by atoms with E-state index in [4.69, 9.17) is 5.73 Å². The number of rotatable bonds is 2. The van der Waals surface area contributed by atoms with Gasteiger partial charge in [0.25, 0.3) is 5.91 Å². The van der Waals surface area contributed by atoms with Gasteiger partial charge < -0.3 is 10.6 Å². The minimum absolute atomic E-state index is 0.0117. The Bertz CT molecular complexity index is 606. The molecule has 1 aromatic rings. The van der Waals surface area contributed by atoms with Crippen molar-refractivity contribution in [3.8, 4) is 0 Å². The molecule has 2 N–H and O–H groups in total. The van der Waals surface area contributed by atoms with Gasteiger partial charge in [0.05, 0.1) is 11.1 Å². The molecule has 9 heteroatoms. The summed E-state index contributed by atoms with van der Waals surface area (Å²) in [5.41, 5.74) is 2.19. The van der Waals surface area contributed by atoms with Gasteiger partial charge in [-0.1, -0.05) is 0 Å². The van der Waals surface area contributed by atoms with E-state index >= 15 is 0 Å². The van der Waals surface area contributed by atoms with E-state index in [1.807, 2.05) is 0 Å². The molecule has 0 bridgehead atoms. The Morgan fingerprint density at radius 3 is 2.08 bits per heavy atom. The first-order chi connectivity index (χ1) is 11.4. The summed E-state index contributed by atoms with van der Waals surface area (Å²) >= 11 is 0. The molecule has 0 radical (unpaired) electrons. The van der Waals surface area contributed by atoms with E-state index in [2.05, 4.69) is 0 Å². The molecule has 1 aromatic carbocycles. The molecule has 1 fully saturated rings. The molecule has 0 saturated carbocycles. The van der Waals surface area contributed by atoms with Crippen molar-refractivity contribution < 1.29 is 31.1 Å². The Kier molecular flexibility index (Phi) is 5.36. The Hall–Kier alpha value is -1.77. The summed E-state index contributed by atoms with van der Waals surface area (Å²) < 4.78 is 77.4. The van der Waals surface area contributed by atoms with Crippen LogP contribution in [0.15, 0.2) is 18.2 Å². The number of nitrogens with zero attached hydrogens (tertiary/aromatic N) is 1. The minimum Gasteiger partial charge on any atom is -0.338 e. The second kappa shape index (κ2) is 6.86. The molecule has 1 heterocycles. The van der Waals surface area contributed by atoms with Gasteiger partial charge in [0.15, 0.2) is 0 Å². The smallest absolute Gasteiger partial charge is 0.338 e. The van der Waals surface area contributed by atoms with Gasteiger partial charge in [-0.15, -0.1) is 0 Å². The van der Waals surface area contributed by atoms with Crippen molar-refractivity contribution in [1.29, 1.82) is 0 Å². The SMILES string of the molecule is CC(N)C1CCCN(C(=O)c2cc(C(F)(F)F)cc(C(F)(F)F)c2)C1. The highest BCUT2D eigenvalue weighted by Gasteiger charge is 2.38. The normalized spacial score (nSPS) is 20.5. The van der Waals surface area contributed by atoms with Gasteiger partial charge in [-0.05, 0) is 43.9 Å². The second-order valence-electron chi connectivity index (χ2n) is 6.31. The van der Waals surface area contributed by atoms with Crippen molar-refractivity contribution in [2.75, 3.05) is 13.1 Å². The third-order valence-electron chi connectivity index (χ3n) is 4.32. The molecule has 1 saturated heterocycles. The molecule has 2 atom stereocenters. The monoisotopic (exact) mass is 368 g/mol. The van der Waals surface area contributed by atoms with Crippen molar-refractivity contribution in [1.82, 2.24) is 4.90 Å². The van der Waals surface area contributed by atoms with Crippen molar-refractivity contribution in [3.63, 3.8) is 0 Å². The fraction of sp³-hybridized carbons (Fsp3) is 0.562. The molecule has 2 rings (SSSR count). The van der Waals surface area contributed by atoms with E-state index in [0.29, 0.717) is 18.6 Å². The number of hydrogen-bond acceptors (Lipinski definition) is 2. The Morgan fingerprint density at radius 2 is 1.64 bits per heavy atom. The van der Waals surface area contributed by atoms with Crippen LogP contribution in [0.5, 0.6) is 0 Å².